The third kappa shape index (κ3) is 3.96. The first-order chi connectivity index (χ1) is 12.1. The Bertz CT molecular complexity index is 742. The molecule has 8 heteroatoms. The summed E-state index contributed by atoms with van der Waals surface area (Å²) >= 11 is 0. The van der Waals surface area contributed by atoms with Crippen LogP contribution in [-0.2, 0) is 0 Å². The third-order valence-electron chi connectivity index (χ3n) is 4.17. The van der Waals surface area contributed by atoms with Gasteiger partial charge in [0, 0.05) is 32.0 Å². The first-order valence-electron chi connectivity index (χ1n) is 8.12. The van der Waals surface area contributed by atoms with Gasteiger partial charge in [0.2, 0.25) is 5.88 Å². The summed E-state index contributed by atoms with van der Waals surface area (Å²) in [5.74, 6) is 1.52. The predicted octanol–water partition coefficient (Wildman–Crippen LogP) is 1.34. The Morgan fingerprint density at radius 1 is 1.28 bits per heavy atom. The van der Waals surface area contributed by atoms with Crippen molar-refractivity contribution in [3.05, 3.63) is 35.7 Å². The highest BCUT2D eigenvalue weighted by Crippen LogP contribution is 2.24. The lowest BCUT2D eigenvalue weighted by Gasteiger charge is -2.33. The molecule has 1 saturated heterocycles. The number of anilines is 1. The molecule has 1 amide bonds. The molecular formula is C17H21N5O3. The van der Waals surface area contributed by atoms with Gasteiger partial charge in [-0.2, -0.15) is 0 Å². The van der Waals surface area contributed by atoms with Crippen molar-refractivity contribution >= 4 is 11.7 Å². The van der Waals surface area contributed by atoms with E-state index in [0.717, 1.165) is 43.1 Å². The minimum Gasteiger partial charge on any atom is -0.489 e. The number of carbonyl (C=O) groups is 1. The molecule has 0 aliphatic carbocycles. The number of hydrogen-bond acceptors (Lipinski definition) is 7. The molecule has 8 nitrogen and oxygen atoms in total. The summed E-state index contributed by atoms with van der Waals surface area (Å²) < 4.78 is 11.0. The maximum absolute atomic E-state index is 11.2. The van der Waals surface area contributed by atoms with Gasteiger partial charge in [0.1, 0.15) is 11.9 Å². The van der Waals surface area contributed by atoms with Crippen LogP contribution in [0, 0.1) is 6.92 Å². The number of hydrogen-bond donors (Lipinski definition) is 1. The summed E-state index contributed by atoms with van der Waals surface area (Å²) in [6, 6.07) is 5.32. The van der Waals surface area contributed by atoms with Crippen molar-refractivity contribution in [3.8, 4) is 11.6 Å². The molecule has 25 heavy (non-hydrogen) atoms. The number of pyridine rings is 1. The van der Waals surface area contributed by atoms with Crippen LogP contribution >= 0.6 is 0 Å². The molecule has 0 bridgehead atoms. The molecule has 2 aromatic rings. The zero-order valence-electron chi connectivity index (χ0n) is 14.3. The van der Waals surface area contributed by atoms with Gasteiger partial charge in [0.05, 0.1) is 13.3 Å². The van der Waals surface area contributed by atoms with Crippen LogP contribution in [0.25, 0.3) is 0 Å². The van der Waals surface area contributed by atoms with Crippen molar-refractivity contribution in [2.75, 3.05) is 25.1 Å². The van der Waals surface area contributed by atoms with Gasteiger partial charge in [0.15, 0.2) is 11.5 Å². The number of rotatable bonds is 5. The maximum Gasteiger partial charge on any atom is 0.269 e. The second-order valence-electron chi connectivity index (χ2n) is 5.94. The van der Waals surface area contributed by atoms with Crippen molar-refractivity contribution in [3.63, 3.8) is 0 Å². The smallest absolute Gasteiger partial charge is 0.269 e. The second-order valence-corrected chi connectivity index (χ2v) is 5.94. The summed E-state index contributed by atoms with van der Waals surface area (Å²) in [4.78, 5) is 17.5. The Balaban J connectivity index is 1.58. The lowest BCUT2D eigenvalue weighted by atomic mass is 10.1. The number of nitrogens with zero attached hydrogens (tertiary/aromatic N) is 4. The SMILES string of the molecule is COc1ccc(OC2CCN(c3nnc(C(N)=O)cc3C)CC2)cn1. The number of nitrogens with two attached hydrogens (primary N) is 1. The Morgan fingerprint density at radius 3 is 2.60 bits per heavy atom. The van der Waals surface area contributed by atoms with Crippen molar-refractivity contribution < 1.29 is 14.3 Å². The number of aryl methyl sites for hydroxylation is 1. The van der Waals surface area contributed by atoms with E-state index in [4.69, 9.17) is 15.2 Å². The Kier molecular flexibility index (Phi) is 4.97. The Labute approximate surface area is 146 Å². The molecule has 2 aromatic heterocycles. The molecule has 0 aromatic carbocycles. The van der Waals surface area contributed by atoms with Crippen LogP contribution in [0.5, 0.6) is 11.6 Å². The topological polar surface area (TPSA) is 103 Å². The quantitative estimate of drug-likeness (QED) is 0.873. The molecule has 1 aliphatic heterocycles. The zero-order valence-corrected chi connectivity index (χ0v) is 14.3. The first kappa shape index (κ1) is 16.9. The number of piperidine rings is 1. The average molecular weight is 343 g/mol. The van der Waals surface area contributed by atoms with Crippen LogP contribution in [0.4, 0.5) is 5.82 Å². The zero-order chi connectivity index (χ0) is 17.8. The molecule has 0 atom stereocenters. The minimum atomic E-state index is -0.567. The van der Waals surface area contributed by atoms with Gasteiger partial charge in [-0.05, 0) is 24.6 Å². The molecule has 0 saturated carbocycles. The highest BCUT2D eigenvalue weighted by atomic mass is 16.5. The summed E-state index contributed by atoms with van der Waals surface area (Å²) in [6.45, 7) is 3.52. The number of aromatic nitrogens is 3. The first-order valence-corrected chi connectivity index (χ1v) is 8.12. The molecular weight excluding hydrogens is 322 g/mol. The molecule has 3 heterocycles. The van der Waals surface area contributed by atoms with E-state index >= 15 is 0 Å². The van der Waals surface area contributed by atoms with Crippen molar-refractivity contribution in [1.29, 1.82) is 0 Å². The van der Waals surface area contributed by atoms with E-state index in [-0.39, 0.29) is 11.8 Å². The summed E-state index contributed by atoms with van der Waals surface area (Å²) in [5.41, 5.74) is 6.31. The van der Waals surface area contributed by atoms with Gasteiger partial charge in [-0.15, -0.1) is 10.2 Å². The summed E-state index contributed by atoms with van der Waals surface area (Å²) in [7, 11) is 1.58. The van der Waals surface area contributed by atoms with E-state index in [0.29, 0.717) is 5.88 Å². The van der Waals surface area contributed by atoms with Gasteiger partial charge < -0.3 is 20.1 Å². The third-order valence-corrected chi connectivity index (χ3v) is 4.17. The lowest BCUT2D eigenvalue weighted by molar-refractivity contribution is 0.0994. The number of primary amides is 1. The summed E-state index contributed by atoms with van der Waals surface area (Å²) in [5, 5.41) is 8.06. The van der Waals surface area contributed by atoms with E-state index in [1.807, 2.05) is 13.0 Å². The van der Waals surface area contributed by atoms with E-state index < -0.39 is 5.91 Å². The minimum absolute atomic E-state index is 0.129. The van der Waals surface area contributed by atoms with Crippen LogP contribution < -0.4 is 20.1 Å². The Morgan fingerprint density at radius 2 is 2.04 bits per heavy atom. The Hall–Kier alpha value is -2.90. The fourth-order valence-corrected chi connectivity index (χ4v) is 2.85. The molecule has 3 rings (SSSR count). The molecule has 1 aliphatic rings. The molecule has 2 N–H and O–H groups in total. The van der Waals surface area contributed by atoms with Crippen LogP contribution in [0.2, 0.25) is 0 Å². The largest absolute Gasteiger partial charge is 0.489 e. The monoisotopic (exact) mass is 343 g/mol. The number of ether oxygens (including phenoxy) is 2. The highest BCUT2D eigenvalue weighted by molar-refractivity contribution is 5.90. The fraction of sp³-hybridized carbons (Fsp3) is 0.412. The maximum atomic E-state index is 11.2. The number of amides is 1. The van der Waals surface area contributed by atoms with Crippen LogP contribution in [0.1, 0.15) is 28.9 Å². The van der Waals surface area contributed by atoms with Gasteiger partial charge in [-0.1, -0.05) is 0 Å². The van der Waals surface area contributed by atoms with Crippen molar-refractivity contribution in [2.24, 2.45) is 5.73 Å². The normalized spacial score (nSPS) is 15.0. The van der Waals surface area contributed by atoms with Gasteiger partial charge in [0.25, 0.3) is 5.91 Å². The van der Waals surface area contributed by atoms with Gasteiger partial charge >= 0.3 is 0 Å². The van der Waals surface area contributed by atoms with E-state index in [1.54, 1.807) is 25.4 Å². The van der Waals surface area contributed by atoms with E-state index in [1.165, 1.54) is 0 Å². The van der Waals surface area contributed by atoms with Crippen LogP contribution in [0.3, 0.4) is 0 Å². The molecule has 0 radical (unpaired) electrons. The molecule has 1 fully saturated rings. The van der Waals surface area contributed by atoms with E-state index in [2.05, 4.69) is 20.1 Å². The van der Waals surface area contributed by atoms with Crippen LogP contribution in [0.15, 0.2) is 24.4 Å². The fourth-order valence-electron chi connectivity index (χ4n) is 2.85. The van der Waals surface area contributed by atoms with Crippen molar-refractivity contribution in [2.45, 2.75) is 25.9 Å². The highest BCUT2D eigenvalue weighted by Gasteiger charge is 2.23. The van der Waals surface area contributed by atoms with E-state index in [9.17, 15) is 4.79 Å². The molecule has 0 unspecified atom stereocenters. The van der Waals surface area contributed by atoms with Crippen LogP contribution in [-0.4, -0.2) is 47.4 Å². The molecule has 0 spiro atoms. The predicted molar refractivity (Wildman–Crippen MR) is 91.9 cm³/mol. The van der Waals surface area contributed by atoms with Crippen molar-refractivity contribution in [1.82, 2.24) is 15.2 Å². The van der Waals surface area contributed by atoms with Gasteiger partial charge in [-0.3, -0.25) is 4.79 Å². The lowest BCUT2D eigenvalue weighted by Crippen LogP contribution is -2.39. The second kappa shape index (κ2) is 7.33. The summed E-state index contributed by atoms with van der Waals surface area (Å²) in [6.07, 6.45) is 3.53. The standard InChI is InChI=1S/C17H21N5O3/c1-11-9-14(16(18)23)20-21-17(11)22-7-5-12(6-8-22)25-13-3-4-15(24-2)19-10-13/h3-4,9-10,12H,5-8H2,1-2H3,(H2,18,23). The average Bonchev–Trinajstić information content (AvgIpc) is 2.63. The molecule has 132 valence electrons. The number of carbonyl (C=O) groups excluding carboxylic acids is 1. The number of methoxy groups -OCH3 is 1. The van der Waals surface area contributed by atoms with Gasteiger partial charge in [-0.25, -0.2) is 4.98 Å².